The first-order valence-electron chi connectivity index (χ1n) is 12.4. The van der Waals surface area contributed by atoms with Crippen LogP contribution in [0, 0.1) is 18.3 Å². The molecule has 1 aromatic carbocycles. The number of ether oxygens (including phenoxy) is 1. The van der Waals surface area contributed by atoms with Gasteiger partial charge in [-0.1, -0.05) is 50.6 Å². The van der Waals surface area contributed by atoms with Gasteiger partial charge in [0.05, 0.1) is 24.1 Å². The van der Waals surface area contributed by atoms with Gasteiger partial charge in [0.2, 0.25) is 0 Å². The number of benzene rings is 1. The number of thiophene rings is 2. The quantitative estimate of drug-likeness (QED) is 0.273. The van der Waals surface area contributed by atoms with E-state index >= 15 is 0 Å². The van der Waals surface area contributed by atoms with E-state index in [0.717, 1.165) is 46.3 Å². The normalized spacial score (nSPS) is 15.4. The number of nitrogens with zero attached hydrogens (tertiary/aromatic N) is 1. The van der Waals surface area contributed by atoms with Crippen LogP contribution in [-0.2, 0) is 17.6 Å². The summed E-state index contributed by atoms with van der Waals surface area (Å²) in [6.07, 6.45) is 2.69. The lowest BCUT2D eigenvalue weighted by atomic mass is 9.72. The molecule has 8 heteroatoms. The van der Waals surface area contributed by atoms with Gasteiger partial charge in [0.25, 0.3) is 5.91 Å². The molecule has 3 heterocycles. The Morgan fingerprint density at radius 3 is 2.51 bits per heavy atom. The third kappa shape index (κ3) is 4.76. The van der Waals surface area contributed by atoms with Gasteiger partial charge in [0.15, 0.2) is 0 Å². The van der Waals surface area contributed by atoms with Gasteiger partial charge in [-0.25, -0.2) is 9.78 Å². The molecule has 0 radical (unpaired) electrons. The number of hydrogen-bond acceptors (Lipinski definition) is 7. The molecule has 1 aliphatic carbocycles. The van der Waals surface area contributed by atoms with Crippen molar-refractivity contribution in [2.75, 3.05) is 18.2 Å². The highest BCUT2D eigenvalue weighted by atomic mass is 32.1. The average Bonchev–Trinajstić information content (AvgIpc) is 3.39. The predicted octanol–water partition coefficient (Wildman–Crippen LogP) is 7.11. The summed E-state index contributed by atoms with van der Waals surface area (Å²) < 4.78 is 5.10. The van der Waals surface area contributed by atoms with E-state index in [1.807, 2.05) is 43.3 Å². The number of esters is 1. The average molecular weight is 534 g/mol. The topological polar surface area (TPSA) is 94.3 Å². The van der Waals surface area contributed by atoms with Crippen molar-refractivity contribution in [1.82, 2.24) is 4.98 Å². The minimum absolute atomic E-state index is 0.173. The standard InChI is InChI=1S/C29H31N3O3S2/c1-15-6-8-16(9-7-15)20-13-12-19-23(30)24(37-26(19)31-20)25(33)32-27-22(28(34)35-5)18-11-10-17(29(2,3)4)14-21(18)36-27/h6-9,12-13,17H,10-11,14,30H2,1-5H3,(H,32,33). The number of nitrogens with two attached hydrogens (primary N) is 1. The number of carbonyl (C=O) groups excluding carboxylic acids is 2. The van der Waals surface area contributed by atoms with E-state index in [1.165, 1.54) is 35.3 Å². The maximum absolute atomic E-state index is 13.4. The number of aryl methyl sites for hydroxylation is 1. The molecule has 1 aliphatic rings. The van der Waals surface area contributed by atoms with E-state index in [4.69, 9.17) is 15.5 Å². The number of carbonyl (C=O) groups is 2. The molecule has 0 spiro atoms. The van der Waals surface area contributed by atoms with E-state index in [9.17, 15) is 9.59 Å². The van der Waals surface area contributed by atoms with Gasteiger partial charge in [-0.3, -0.25) is 4.79 Å². The number of anilines is 2. The summed E-state index contributed by atoms with van der Waals surface area (Å²) in [7, 11) is 1.38. The highest BCUT2D eigenvalue weighted by Gasteiger charge is 2.34. The Hall–Kier alpha value is -3.23. The van der Waals surface area contributed by atoms with Crippen molar-refractivity contribution in [2.24, 2.45) is 11.3 Å². The smallest absolute Gasteiger partial charge is 0.341 e. The Bertz CT molecular complexity index is 1510. The Morgan fingerprint density at radius 2 is 1.84 bits per heavy atom. The molecule has 0 aliphatic heterocycles. The molecule has 4 aromatic rings. The van der Waals surface area contributed by atoms with Crippen LogP contribution in [0.1, 0.15) is 63.2 Å². The number of aromatic nitrogens is 1. The Labute approximate surface area is 224 Å². The summed E-state index contributed by atoms with van der Waals surface area (Å²) in [6.45, 7) is 8.80. The lowest BCUT2D eigenvalue weighted by Gasteiger charge is -2.33. The summed E-state index contributed by atoms with van der Waals surface area (Å²) in [5.41, 5.74) is 11.5. The van der Waals surface area contributed by atoms with Crippen molar-refractivity contribution in [1.29, 1.82) is 0 Å². The molecule has 37 heavy (non-hydrogen) atoms. The van der Waals surface area contributed by atoms with Crippen LogP contribution in [0.25, 0.3) is 21.5 Å². The molecule has 6 nitrogen and oxygen atoms in total. The second-order valence-electron chi connectivity index (χ2n) is 10.7. The van der Waals surface area contributed by atoms with Crippen molar-refractivity contribution in [3.05, 3.63) is 62.8 Å². The molecule has 0 fully saturated rings. The molecule has 0 saturated carbocycles. The number of fused-ring (bicyclic) bond motifs is 2. The maximum atomic E-state index is 13.4. The number of hydrogen-bond donors (Lipinski definition) is 2. The molecule has 3 aromatic heterocycles. The van der Waals surface area contributed by atoms with Crippen molar-refractivity contribution < 1.29 is 14.3 Å². The molecule has 3 N–H and O–H groups in total. The largest absolute Gasteiger partial charge is 0.465 e. The fraction of sp³-hybridized carbons (Fsp3) is 0.345. The fourth-order valence-corrected chi connectivity index (χ4v) is 7.24. The molecular formula is C29H31N3O3S2. The van der Waals surface area contributed by atoms with Gasteiger partial charge in [-0.2, -0.15) is 0 Å². The van der Waals surface area contributed by atoms with Crippen LogP contribution in [0.5, 0.6) is 0 Å². The van der Waals surface area contributed by atoms with Gasteiger partial charge in [-0.05, 0) is 55.2 Å². The molecule has 1 unspecified atom stereocenters. The Kier molecular flexibility index (Phi) is 6.58. The lowest BCUT2D eigenvalue weighted by Crippen LogP contribution is -2.26. The van der Waals surface area contributed by atoms with Crippen molar-refractivity contribution in [3.8, 4) is 11.3 Å². The number of nitrogens with one attached hydrogen (secondary N) is 1. The monoisotopic (exact) mass is 533 g/mol. The summed E-state index contributed by atoms with van der Waals surface area (Å²) in [5, 5.41) is 4.27. The molecular weight excluding hydrogens is 502 g/mol. The molecule has 5 rings (SSSR count). The number of rotatable bonds is 4. The van der Waals surface area contributed by atoms with Crippen LogP contribution in [0.15, 0.2) is 36.4 Å². The molecule has 1 amide bonds. The first-order valence-corrected chi connectivity index (χ1v) is 14.0. The number of nitrogen functional groups attached to an aromatic ring is 1. The second kappa shape index (κ2) is 9.58. The van der Waals surface area contributed by atoms with Crippen molar-refractivity contribution in [3.63, 3.8) is 0 Å². The van der Waals surface area contributed by atoms with E-state index in [2.05, 4.69) is 26.1 Å². The zero-order chi connectivity index (χ0) is 26.5. The van der Waals surface area contributed by atoms with Crippen LogP contribution in [-0.4, -0.2) is 24.0 Å². The van der Waals surface area contributed by atoms with E-state index in [-0.39, 0.29) is 11.3 Å². The SMILES string of the molecule is COC(=O)c1c(NC(=O)c2sc3nc(-c4ccc(C)cc4)ccc3c2N)sc2c1CCC(C(C)(C)C)C2. The number of methoxy groups -OCH3 is 1. The third-order valence-electron chi connectivity index (χ3n) is 7.25. The predicted molar refractivity (Wildman–Crippen MR) is 153 cm³/mol. The Morgan fingerprint density at radius 1 is 1.11 bits per heavy atom. The van der Waals surface area contributed by atoms with Crippen LogP contribution < -0.4 is 11.1 Å². The summed E-state index contributed by atoms with van der Waals surface area (Å²) >= 11 is 2.74. The maximum Gasteiger partial charge on any atom is 0.341 e. The summed E-state index contributed by atoms with van der Waals surface area (Å²) in [6, 6.07) is 12.0. The van der Waals surface area contributed by atoms with E-state index < -0.39 is 5.97 Å². The highest BCUT2D eigenvalue weighted by Crippen LogP contribution is 2.45. The van der Waals surface area contributed by atoms with Crippen LogP contribution >= 0.6 is 22.7 Å². The Balaban J connectivity index is 1.47. The fourth-order valence-electron chi connectivity index (χ4n) is 4.94. The van der Waals surface area contributed by atoms with Gasteiger partial charge in [0.1, 0.15) is 14.7 Å². The van der Waals surface area contributed by atoms with Crippen molar-refractivity contribution >= 4 is 55.5 Å². The number of amides is 1. The van der Waals surface area contributed by atoms with Gasteiger partial charge in [-0.15, -0.1) is 22.7 Å². The van der Waals surface area contributed by atoms with Crippen LogP contribution in [0.2, 0.25) is 0 Å². The van der Waals surface area contributed by atoms with Crippen molar-refractivity contribution in [2.45, 2.75) is 47.0 Å². The van der Waals surface area contributed by atoms with E-state index in [1.54, 1.807) is 0 Å². The second-order valence-corrected chi connectivity index (χ2v) is 12.8. The van der Waals surface area contributed by atoms with Gasteiger partial charge >= 0.3 is 5.97 Å². The first kappa shape index (κ1) is 25.4. The first-order chi connectivity index (χ1) is 17.6. The lowest BCUT2D eigenvalue weighted by molar-refractivity contribution is 0.0600. The van der Waals surface area contributed by atoms with Crippen LogP contribution in [0.3, 0.4) is 0 Å². The zero-order valence-electron chi connectivity index (χ0n) is 21.7. The third-order valence-corrected chi connectivity index (χ3v) is 9.54. The zero-order valence-corrected chi connectivity index (χ0v) is 23.4. The van der Waals surface area contributed by atoms with Crippen LogP contribution in [0.4, 0.5) is 10.7 Å². The van der Waals surface area contributed by atoms with Gasteiger partial charge < -0.3 is 15.8 Å². The summed E-state index contributed by atoms with van der Waals surface area (Å²) in [4.78, 5) is 33.2. The minimum atomic E-state index is -0.421. The van der Waals surface area contributed by atoms with Gasteiger partial charge in [0, 0.05) is 15.8 Å². The summed E-state index contributed by atoms with van der Waals surface area (Å²) in [5.74, 6) is -0.246. The highest BCUT2D eigenvalue weighted by molar-refractivity contribution is 7.21. The minimum Gasteiger partial charge on any atom is -0.465 e. The molecule has 0 bridgehead atoms. The molecule has 1 atom stereocenters. The number of pyridine rings is 1. The van der Waals surface area contributed by atoms with E-state index in [0.29, 0.717) is 31.9 Å². The molecule has 0 saturated heterocycles. The molecule has 192 valence electrons.